The minimum absolute atomic E-state index is 0.0136. The minimum Gasteiger partial charge on any atom is -0.342 e. The Morgan fingerprint density at radius 2 is 1.66 bits per heavy atom. The first kappa shape index (κ1) is 20.5. The highest BCUT2D eigenvalue weighted by Crippen LogP contribution is 2.14. The standard InChI is InChI=1S/C22H26N4O3/c1-17(2)26(15-18-7-4-3-5-8-18)22(29)20-10-6-9-19(23-20)21(28)25-13-11-24(16-27)12-14-25/h3-10,16-17H,11-15H2,1-2H3. The number of hydrogen-bond acceptors (Lipinski definition) is 4. The van der Waals surface area contributed by atoms with Crippen LogP contribution in [0.4, 0.5) is 0 Å². The Hall–Kier alpha value is -3.22. The second-order valence-electron chi connectivity index (χ2n) is 7.35. The van der Waals surface area contributed by atoms with E-state index >= 15 is 0 Å². The molecular formula is C22H26N4O3. The Labute approximate surface area is 170 Å². The zero-order valence-electron chi connectivity index (χ0n) is 16.8. The van der Waals surface area contributed by atoms with Gasteiger partial charge in [0, 0.05) is 38.8 Å². The molecule has 1 fully saturated rings. The van der Waals surface area contributed by atoms with Gasteiger partial charge < -0.3 is 14.7 Å². The SMILES string of the molecule is CC(C)N(Cc1ccccc1)C(=O)c1cccc(C(=O)N2CCN(C=O)CC2)n1. The van der Waals surface area contributed by atoms with Gasteiger partial charge in [-0.05, 0) is 31.5 Å². The smallest absolute Gasteiger partial charge is 0.273 e. The fraction of sp³-hybridized carbons (Fsp3) is 0.364. The molecule has 1 saturated heterocycles. The maximum absolute atomic E-state index is 13.1. The molecule has 0 radical (unpaired) electrons. The van der Waals surface area contributed by atoms with Crippen molar-refractivity contribution in [2.45, 2.75) is 26.4 Å². The van der Waals surface area contributed by atoms with Gasteiger partial charge >= 0.3 is 0 Å². The zero-order valence-corrected chi connectivity index (χ0v) is 16.8. The quantitative estimate of drug-likeness (QED) is 0.703. The summed E-state index contributed by atoms with van der Waals surface area (Å²) in [5.41, 5.74) is 1.54. The fourth-order valence-electron chi connectivity index (χ4n) is 3.28. The summed E-state index contributed by atoms with van der Waals surface area (Å²) in [5, 5.41) is 0. The molecule has 1 aromatic heterocycles. The van der Waals surface area contributed by atoms with Crippen LogP contribution in [-0.2, 0) is 11.3 Å². The summed E-state index contributed by atoms with van der Waals surface area (Å²) in [6.45, 7) is 6.33. The van der Waals surface area contributed by atoms with E-state index in [4.69, 9.17) is 0 Å². The van der Waals surface area contributed by atoms with E-state index in [-0.39, 0.29) is 29.2 Å². The van der Waals surface area contributed by atoms with E-state index in [0.29, 0.717) is 32.7 Å². The zero-order chi connectivity index (χ0) is 20.8. The molecule has 0 spiro atoms. The van der Waals surface area contributed by atoms with Gasteiger partial charge in [0.2, 0.25) is 6.41 Å². The van der Waals surface area contributed by atoms with Gasteiger partial charge in [0.15, 0.2) is 0 Å². The minimum atomic E-state index is -0.218. The molecular weight excluding hydrogens is 368 g/mol. The van der Waals surface area contributed by atoms with Crippen molar-refractivity contribution in [2.24, 2.45) is 0 Å². The van der Waals surface area contributed by atoms with Crippen molar-refractivity contribution in [1.29, 1.82) is 0 Å². The van der Waals surface area contributed by atoms with E-state index in [1.807, 2.05) is 44.2 Å². The van der Waals surface area contributed by atoms with Gasteiger partial charge in [-0.3, -0.25) is 14.4 Å². The first-order chi connectivity index (χ1) is 14.0. The van der Waals surface area contributed by atoms with Gasteiger partial charge in [0.1, 0.15) is 11.4 Å². The number of carbonyl (C=O) groups is 3. The summed E-state index contributed by atoms with van der Waals surface area (Å²) in [5.74, 6) is -0.423. The summed E-state index contributed by atoms with van der Waals surface area (Å²) >= 11 is 0. The average Bonchev–Trinajstić information content (AvgIpc) is 2.77. The van der Waals surface area contributed by atoms with Crippen molar-refractivity contribution in [2.75, 3.05) is 26.2 Å². The van der Waals surface area contributed by atoms with Crippen LogP contribution >= 0.6 is 0 Å². The van der Waals surface area contributed by atoms with Crippen LogP contribution in [0.15, 0.2) is 48.5 Å². The number of rotatable bonds is 6. The van der Waals surface area contributed by atoms with Crippen LogP contribution in [0, 0.1) is 0 Å². The predicted molar refractivity (Wildman–Crippen MR) is 109 cm³/mol. The number of aromatic nitrogens is 1. The topological polar surface area (TPSA) is 73.8 Å². The van der Waals surface area contributed by atoms with Gasteiger partial charge in [0.25, 0.3) is 11.8 Å². The van der Waals surface area contributed by atoms with Crippen LogP contribution < -0.4 is 0 Å². The number of piperazine rings is 1. The summed E-state index contributed by atoms with van der Waals surface area (Å²) in [7, 11) is 0. The number of nitrogens with zero attached hydrogens (tertiary/aromatic N) is 4. The third-order valence-electron chi connectivity index (χ3n) is 5.02. The maximum Gasteiger partial charge on any atom is 0.273 e. The van der Waals surface area contributed by atoms with Gasteiger partial charge in [-0.15, -0.1) is 0 Å². The maximum atomic E-state index is 13.1. The van der Waals surface area contributed by atoms with Crippen LogP contribution in [0.3, 0.4) is 0 Å². The van der Waals surface area contributed by atoms with Crippen molar-refractivity contribution < 1.29 is 14.4 Å². The molecule has 0 saturated carbocycles. The van der Waals surface area contributed by atoms with Crippen LogP contribution in [-0.4, -0.2) is 70.1 Å². The molecule has 7 heteroatoms. The molecule has 1 aromatic carbocycles. The van der Waals surface area contributed by atoms with Gasteiger partial charge in [-0.2, -0.15) is 0 Å². The lowest BCUT2D eigenvalue weighted by atomic mass is 10.1. The lowest BCUT2D eigenvalue weighted by Crippen LogP contribution is -2.48. The van der Waals surface area contributed by atoms with Gasteiger partial charge in [-0.25, -0.2) is 4.98 Å². The second-order valence-corrected chi connectivity index (χ2v) is 7.35. The number of carbonyl (C=O) groups excluding carboxylic acids is 3. The van der Waals surface area contributed by atoms with Crippen LogP contribution in [0.1, 0.15) is 40.4 Å². The van der Waals surface area contributed by atoms with Crippen molar-refractivity contribution in [3.63, 3.8) is 0 Å². The van der Waals surface area contributed by atoms with E-state index in [9.17, 15) is 14.4 Å². The summed E-state index contributed by atoms with van der Waals surface area (Å²) < 4.78 is 0. The highest BCUT2D eigenvalue weighted by Gasteiger charge is 2.25. The summed E-state index contributed by atoms with van der Waals surface area (Å²) in [6, 6.07) is 14.7. The third kappa shape index (κ3) is 4.99. The van der Waals surface area contributed by atoms with Crippen LogP contribution in [0.2, 0.25) is 0 Å². The van der Waals surface area contributed by atoms with Crippen LogP contribution in [0.25, 0.3) is 0 Å². The molecule has 2 aromatic rings. The van der Waals surface area contributed by atoms with Crippen LogP contribution in [0.5, 0.6) is 0 Å². The Morgan fingerprint density at radius 3 is 2.28 bits per heavy atom. The molecule has 0 atom stereocenters. The van der Waals surface area contributed by atoms with Crippen molar-refractivity contribution in [3.8, 4) is 0 Å². The molecule has 3 rings (SSSR count). The number of amides is 3. The lowest BCUT2D eigenvalue weighted by molar-refractivity contribution is -0.119. The van der Waals surface area contributed by atoms with E-state index in [1.165, 1.54) is 0 Å². The second kappa shape index (κ2) is 9.32. The molecule has 1 aliphatic heterocycles. The molecule has 7 nitrogen and oxygen atoms in total. The monoisotopic (exact) mass is 394 g/mol. The van der Waals surface area contributed by atoms with Gasteiger partial charge in [-0.1, -0.05) is 36.4 Å². The molecule has 152 valence electrons. The molecule has 0 bridgehead atoms. The number of pyridine rings is 1. The number of benzene rings is 1. The van der Waals surface area contributed by atoms with E-state index < -0.39 is 0 Å². The number of hydrogen-bond donors (Lipinski definition) is 0. The molecule has 29 heavy (non-hydrogen) atoms. The average molecular weight is 394 g/mol. The first-order valence-electron chi connectivity index (χ1n) is 9.80. The molecule has 3 amide bonds. The normalized spacial score (nSPS) is 14.0. The first-order valence-corrected chi connectivity index (χ1v) is 9.80. The van der Waals surface area contributed by atoms with E-state index in [0.717, 1.165) is 12.0 Å². The van der Waals surface area contributed by atoms with Gasteiger partial charge in [0.05, 0.1) is 0 Å². The van der Waals surface area contributed by atoms with Crippen molar-refractivity contribution in [3.05, 3.63) is 65.5 Å². The van der Waals surface area contributed by atoms with Crippen molar-refractivity contribution in [1.82, 2.24) is 19.7 Å². The Morgan fingerprint density at radius 1 is 1.00 bits per heavy atom. The molecule has 2 heterocycles. The summed E-state index contributed by atoms with van der Waals surface area (Å²) in [4.78, 5) is 46.2. The largest absolute Gasteiger partial charge is 0.342 e. The third-order valence-corrected chi connectivity index (χ3v) is 5.02. The Bertz CT molecular complexity index is 861. The Kier molecular flexibility index (Phi) is 6.59. The molecule has 0 unspecified atom stereocenters. The lowest BCUT2D eigenvalue weighted by Gasteiger charge is -2.32. The predicted octanol–water partition coefficient (Wildman–Crippen LogP) is 2.05. The molecule has 0 aliphatic carbocycles. The van der Waals surface area contributed by atoms with Crippen molar-refractivity contribution >= 4 is 18.2 Å². The highest BCUT2D eigenvalue weighted by molar-refractivity contribution is 5.96. The summed E-state index contributed by atoms with van der Waals surface area (Å²) in [6.07, 6.45) is 0.798. The van der Waals surface area contributed by atoms with E-state index in [2.05, 4.69) is 4.98 Å². The molecule has 0 N–H and O–H groups in total. The molecule has 1 aliphatic rings. The Balaban J connectivity index is 1.75. The fourth-order valence-corrected chi connectivity index (χ4v) is 3.28. The highest BCUT2D eigenvalue weighted by atomic mass is 16.2. The van der Waals surface area contributed by atoms with E-state index in [1.54, 1.807) is 32.9 Å².